The number of carbonyl (C=O) groups is 1. The molecule has 24 heavy (non-hydrogen) atoms. The highest BCUT2D eigenvalue weighted by Crippen LogP contribution is 2.59. The molecule has 0 radical (unpaired) electrons. The van der Waals surface area contributed by atoms with E-state index in [4.69, 9.17) is 5.73 Å². The van der Waals surface area contributed by atoms with Crippen LogP contribution < -0.4 is 5.73 Å². The molecule has 0 aromatic heterocycles. The van der Waals surface area contributed by atoms with Crippen LogP contribution in [0.2, 0.25) is 0 Å². The number of aliphatic carboxylic acids is 1. The molecule has 1 aromatic rings. The number of nitrogens with zero attached hydrogens (tertiary/aromatic N) is 1. The molecule has 134 valence electrons. The zero-order valence-corrected chi connectivity index (χ0v) is 14.5. The quantitative estimate of drug-likeness (QED) is 0.430. The first-order valence-electron chi connectivity index (χ1n) is 8.06. The highest BCUT2D eigenvalue weighted by molar-refractivity contribution is 7.61. The van der Waals surface area contributed by atoms with Gasteiger partial charge in [-0.05, 0) is 37.1 Å². The minimum Gasteiger partial charge on any atom is -0.508 e. The van der Waals surface area contributed by atoms with Gasteiger partial charge in [0.15, 0.2) is 5.16 Å². The van der Waals surface area contributed by atoms with E-state index in [-0.39, 0.29) is 24.9 Å². The molecule has 1 aromatic carbocycles. The summed E-state index contributed by atoms with van der Waals surface area (Å²) >= 11 is 0. The molecule has 1 saturated heterocycles. The van der Waals surface area contributed by atoms with Crippen molar-refractivity contribution in [3.63, 3.8) is 0 Å². The molecule has 0 aliphatic carbocycles. The number of benzene rings is 1. The summed E-state index contributed by atoms with van der Waals surface area (Å²) in [7, 11) is -3.80. The van der Waals surface area contributed by atoms with Crippen LogP contribution in [0.15, 0.2) is 24.3 Å². The lowest BCUT2D eigenvalue weighted by Crippen LogP contribution is -2.53. The molecule has 1 aliphatic rings. The fourth-order valence-corrected chi connectivity index (χ4v) is 5.39. The largest absolute Gasteiger partial charge is 0.508 e. The summed E-state index contributed by atoms with van der Waals surface area (Å²) in [5.74, 6) is -1.04. The van der Waals surface area contributed by atoms with E-state index in [0.29, 0.717) is 32.5 Å². The van der Waals surface area contributed by atoms with Gasteiger partial charge in [0.25, 0.3) is 0 Å². The number of unbranched alkanes of at least 4 members (excludes halogenated alkanes) is 1. The number of carboxylic acid groups (broad SMARTS) is 1. The first-order chi connectivity index (χ1) is 11.3. The average Bonchev–Trinajstić information content (AvgIpc) is 2.52. The Morgan fingerprint density at radius 2 is 1.96 bits per heavy atom. The van der Waals surface area contributed by atoms with Crippen LogP contribution in [0.25, 0.3) is 0 Å². The van der Waals surface area contributed by atoms with Crippen molar-refractivity contribution in [1.29, 1.82) is 0 Å². The summed E-state index contributed by atoms with van der Waals surface area (Å²) in [4.78, 5) is 24.2. The van der Waals surface area contributed by atoms with Crippen LogP contribution in [0.4, 0.5) is 0 Å². The first kappa shape index (κ1) is 18.9. The summed E-state index contributed by atoms with van der Waals surface area (Å²) in [6.45, 7) is 1.33. The van der Waals surface area contributed by atoms with Gasteiger partial charge in [-0.2, -0.15) is 0 Å². The molecule has 2 rings (SSSR count). The minimum absolute atomic E-state index is 0.0278. The molecule has 0 amide bonds. The third kappa shape index (κ3) is 3.98. The Morgan fingerprint density at radius 3 is 2.54 bits per heavy atom. The molecule has 0 saturated carbocycles. The number of nitrogens with two attached hydrogens (primary N) is 1. The van der Waals surface area contributed by atoms with Crippen molar-refractivity contribution in [2.24, 2.45) is 5.73 Å². The van der Waals surface area contributed by atoms with E-state index in [0.717, 1.165) is 5.56 Å². The van der Waals surface area contributed by atoms with Crippen LogP contribution >= 0.6 is 7.37 Å². The molecule has 2 unspecified atom stereocenters. The summed E-state index contributed by atoms with van der Waals surface area (Å²) in [5.41, 5.74) is 6.38. The van der Waals surface area contributed by atoms with Gasteiger partial charge in [-0.3, -0.25) is 14.3 Å². The molecule has 1 fully saturated rings. The minimum atomic E-state index is -3.80. The molecular formula is C16H25N2O5P. The van der Waals surface area contributed by atoms with Crippen LogP contribution in [0.5, 0.6) is 5.75 Å². The monoisotopic (exact) mass is 356 g/mol. The van der Waals surface area contributed by atoms with Crippen molar-refractivity contribution in [2.75, 3.05) is 25.8 Å². The highest BCUT2D eigenvalue weighted by atomic mass is 31.2. The number of aromatic hydroxyl groups is 1. The van der Waals surface area contributed by atoms with Gasteiger partial charge in [-0.1, -0.05) is 18.6 Å². The maximum Gasteiger partial charge on any atom is 0.320 e. The third-order valence-corrected chi connectivity index (χ3v) is 7.36. The second kappa shape index (κ2) is 7.66. The lowest BCUT2D eigenvalue weighted by molar-refractivity contribution is -0.141. The molecule has 0 spiro atoms. The topological polar surface area (TPSA) is 124 Å². The third-order valence-electron chi connectivity index (χ3n) is 4.66. The van der Waals surface area contributed by atoms with Crippen molar-refractivity contribution >= 4 is 13.3 Å². The Labute approximate surface area is 141 Å². The molecule has 1 aliphatic heterocycles. The summed E-state index contributed by atoms with van der Waals surface area (Å²) < 4.78 is 12.6. The van der Waals surface area contributed by atoms with Crippen LogP contribution in [0.3, 0.4) is 0 Å². The van der Waals surface area contributed by atoms with Gasteiger partial charge >= 0.3 is 5.97 Å². The molecule has 8 heteroatoms. The fraction of sp³-hybridized carbons (Fsp3) is 0.562. The predicted molar refractivity (Wildman–Crippen MR) is 91.3 cm³/mol. The van der Waals surface area contributed by atoms with Gasteiger partial charge in [0.2, 0.25) is 7.37 Å². The normalized spacial score (nSPS) is 27.9. The summed E-state index contributed by atoms with van der Waals surface area (Å²) in [5, 5.41) is 17.4. The van der Waals surface area contributed by atoms with E-state index in [1.54, 1.807) is 24.3 Å². The van der Waals surface area contributed by atoms with Gasteiger partial charge in [0.1, 0.15) is 5.75 Å². The zero-order chi connectivity index (χ0) is 17.8. The number of rotatable bonds is 7. The van der Waals surface area contributed by atoms with Gasteiger partial charge in [-0.25, -0.2) is 0 Å². The van der Waals surface area contributed by atoms with E-state index in [1.807, 2.05) is 4.90 Å². The zero-order valence-electron chi connectivity index (χ0n) is 13.6. The fourth-order valence-electron chi connectivity index (χ4n) is 3.18. The van der Waals surface area contributed by atoms with Crippen molar-refractivity contribution < 1.29 is 24.5 Å². The first-order valence-corrected chi connectivity index (χ1v) is 9.91. The van der Waals surface area contributed by atoms with Crippen molar-refractivity contribution in [3.8, 4) is 5.75 Å². The number of hydrogen-bond donors (Lipinski definition) is 4. The molecule has 7 nitrogen and oxygen atoms in total. The van der Waals surface area contributed by atoms with E-state index in [1.165, 1.54) is 0 Å². The van der Waals surface area contributed by atoms with Gasteiger partial charge < -0.3 is 20.8 Å². The van der Waals surface area contributed by atoms with Crippen LogP contribution in [0, 0.1) is 0 Å². The summed E-state index contributed by atoms with van der Waals surface area (Å²) in [6, 6.07) is 6.67. The number of carboxylic acids is 1. The van der Waals surface area contributed by atoms with E-state index in [2.05, 4.69) is 0 Å². The SMILES string of the molecule is NCCCCC1(C(=O)O)CN(Cc2ccc(O)cc2)CCP1(=O)O. The smallest absolute Gasteiger partial charge is 0.320 e. The Kier molecular flexibility index (Phi) is 6.04. The van der Waals surface area contributed by atoms with Crippen molar-refractivity contribution in [2.45, 2.75) is 31.0 Å². The van der Waals surface area contributed by atoms with E-state index in [9.17, 15) is 24.5 Å². The Hall–Kier alpha value is -1.40. The predicted octanol–water partition coefficient (Wildman–Crippen LogP) is 1.43. The van der Waals surface area contributed by atoms with Crippen molar-refractivity contribution in [3.05, 3.63) is 29.8 Å². The molecule has 2 atom stereocenters. The molecular weight excluding hydrogens is 331 g/mol. The second-order valence-electron chi connectivity index (χ2n) is 6.38. The molecule has 1 heterocycles. The lowest BCUT2D eigenvalue weighted by atomic mass is 9.99. The average molecular weight is 356 g/mol. The van der Waals surface area contributed by atoms with Gasteiger partial charge in [0.05, 0.1) is 0 Å². The van der Waals surface area contributed by atoms with Crippen LogP contribution in [-0.4, -0.2) is 56.9 Å². The van der Waals surface area contributed by atoms with Crippen LogP contribution in [0.1, 0.15) is 24.8 Å². The Bertz CT molecular complexity index is 621. The van der Waals surface area contributed by atoms with Gasteiger partial charge in [-0.15, -0.1) is 0 Å². The number of phenolic OH excluding ortho intramolecular Hbond substituents is 1. The molecule has 5 N–H and O–H groups in total. The van der Waals surface area contributed by atoms with Gasteiger partial charge in [0, 0.05) is 25.8 Å². The lowest BCUT2D eigenvalue weighted by Gasteiger charge is -2.43. The molecule has 0 bridgehead atoms. The maximum absolute atomic E-state index is 12.6. The number of hydrogen-bond acceptors (Lipinski definition) is 5. The number of phenols is 1. The second-order valence-corrected chi connectivity index (χ2v) is 9.09. The van der Waals surface area contributed by atoms with Crippen LogP contribution in [-0.2, 0) is 15.9 Å². The standard InChI is InChI=1S/C16H25N2O5P/c17-8-2-1-7-16(15(20)21)12-18(9-10-24(16,22)23)11-13-3-5-14(19)6-4-13/h3-6,19H,1-2,7-12,17H2,(H,20,21)(H,22,23). The Morgan fingerprint density at radius 1 is 1.29 bits per heavy atom. The van der Waals surface area contributed by atoms with Crippen molar-refractivity contribution in [1.82, 2.24) is 4.90 Å². The van der Waals surface area contributed by atoms with E-state index < -0.39 is 18.5 Å². The Balaban J connectivity index is 2.18. The summed E-state index contributed by atoms with van der Waals surface area (Å²) in [6.07, 6.45) is 1.27. The maximum atomic E-state index is 12.6. The highest BCUT2D eigenvalue weighted by Gasteiger charge is 2.56. The van der Waals surface area contributed by atoms with E-state index >= 15 is 0 Å².